The predicted molar refractivity (Wildman–Crippen MR) is 45.5 cm³/mol. The topological polar surface area (TPSA) is 30.2 Å². The highest BCUT2D eigenvalue weighted by atomic mass is 15.0. The molecule has 0 saturated carbocycles. The summed E-state index contributed by atoms with van der Waals surface area (Å²) >= 11 is 0. The van der Waals surface area contributed by atoms with Crippen LogP contribution in [0, 0.1) is 11.8 Å². The Labute approximate surface area is 70.1 Å². The number of hydrogen-bond acceptors (Lipinski definition) is 2. The monoisotopic (exact) mass is 157 g/mol. The lowest BCUT2D eigenvalue weighted by Crippen LogP contribution is -1.87. The average molecular weight is 157 g/mol. The van der Waals surface area contributed by atoms with Gasteiger partial charge in [0.1, 0.15) is 5.69 Å². The molecule has 0 spiro atoms. The van der Waals surface area contributed by atoms with Gasteiger partial charge in [0.15, 0.2) is 5.65 Å². The van der Waals surface area contributed by atoms with E-state index in [-0.39, 0.29) is 0 Å². The quantitative estimate of drug-likeness (QED) is 0.536. The molecule has 0 radical (unpaired) electrons. The Morgan fingerprint density at radius 3 is 3.17 bits per heavy atom. The molecule has 0 atom stereocenters. The molecule has 0 aliphatic rings. The summed E-state index contributed by atoms with van der Waals surface area (Å²) in [6, 6.07) is 0. The molecule has 0 saturated heterocycles. The van der Waals surface area contributed by atoms with E-state index in [1.165, 1.54) is 0 Å². The molecule has 0 fully saturated rings. The second kappa shape index (κ2) is 2.67. The van der Waals surface area contributed by atoms with Crippen molar-refractivity contribution in [1.29, 1.82) is 0 Å². The molecule has 3 nitrogen and oxygen atoms in total. The Bertz CT molecular complexity index is 459. The van der Waals surface area contributed by atoms with Crippen molar-refractivity contribution in [3.05, 3.63) is 30.5 Å². The molecule has 3 heteroatoms. The van der Waals surface area contributed by atoms with Crippen molar-refractivity contribution in [2.45, 2.75) is 6.92 Å². The molecule has 58 valence electrons. The number of fused-ring (bicyclic) bond motifs is 1. The standard InChI is InChI=1S/C9H7N3/c1-2-3-8-6-11-9-7-10-4-5-12(8)9/h4-7H,1H3. The minimum atomic E-state index is 0.829. The van der Waals surface area contributed by atoms with Crippen LogP contribution in [-0.2, 0) is 0 Å². The zero-order chi connectivity index (χ0) is 8.39. The van der Waals surface area contributed by atoms with Gasteiger partial charge in [0.25, 0.3) is 0 Å². The number of rotatable bonds is 0. The van der Waals surface area contributed by atoms with Crippen molar-refractivity contribution in [2.24, 2.45) is 0 Å². The third kappa shape index (κ3) is 0.940. The van der Waals surface area contributed by atoms with E-state index in [0.29, 0.717) is 0 Å². The van der Waals surface area contributed by atoms with Crippen molar-refractivity contribution >= 4 is 5.65 Å². The zero-order valence-corrected chi connectivity index (χ0v) is 6.65. The maximum Gasteiger partial charge on any atom is 0.156 e. The fourth-order valence-electron chi connectivity index (χ4n) is 1.06. The molecule has 0 aromatic carbocycles. The first-order chi connectivity index (χ1) is 5.92. The Hall–Kier alpha value is -1.82. The maximum absolute atomic E-state index is 4.14. The van der Waals surface area contributed by atoms with Gasteiger partial charge in [-0.2, -0.15) is 0 Å². The van der Waals surface area contributed by atoms with Crippen LogP contribution in [0.5, 0.6) is 0 Å². The molecule has 0 aliphatic heterocycles. The maximum atomic E-state index is 4.14. The Balaban J connectivity index is 2.76. The minimum Gasteiger partial charge on any atom is -0.290 e. The summed E-state index contributed by atoms with van der Waals surface area (Å²) in [6.45, 7) is 1.81. The zero-order valence-electron chi connectivity index (χ0n) is 6.65. The Morgan fingerprint density at radius 1 is 1.42 bits per heavy atom. The highest BCUT2D eigenvalue weighted by Gasteiger charge is 1.97. The van der Waals surface area contributed by atoms with Gasteiger partial charge in [0, 0.05) is 12.4 Å². The first-order valence-electron chi connectivity index (χ1n) is 3.61. The summed E-state index contributed by atoms with van der Waals surface area (Å²) < 4.78 is 1.91. The van der Waals surface area contributed by atoms with Gasteiger partial charge in [-0.15, -0.1) is 0 Å². The summed E-state index contributed by atoms with van der Waals surface area (Å²) in [5.74, 6) is 5.78. The van der Waals surface area contributed by atoms with E-state index in [9.17, 15) is 0 Å². The highest BCUT2D eigenvalue weighted by molar-refractivity contribution is 5.42. The van der Waals surface area contributed by atoms with Crippen LogP contribution in [0.4, 0.5) is 0 Å². The molecule has 0 N–H and O–H groups in total. The van der Waals surface area contributed by atoms with Gasteiger partial charge in [0.2, 0.25) is 0 Å². The van der Waals surface area contributed by atoms with Gasteiger partial charge >= 0.3 is 0 Å². The summed E-state index contributed by atoms with van der Waals surface area (Å²) in [4.78, 5) is 8.09. The molecular formula is C9H7N3. The van der Waals surface area contributed by atoms with Crippen molar-refractivity contribution in [2.75, 3.05) is 0 Å². The Morgan fingerprint density at radius 2 is 2.33 bits per heavy atom. The van der Waals surface area contributed by atoms with Gasteiger partial charge in [-0.3, -0.25) is 9.38 Å². The first kappa shape index (κ1) is 6.86. The number of imidazole rings is 1. The van der Waals surface area contributed by atoms with Crippen molar-refractivity contribution < 1.29 is 0 Å². The smallest absolute Gasteiger partial charge is 0.156 e. The van der Waals surface area contributed by atoms with Crippen LogP contribution in [-0.4, -0.2) is 14.4 Å². The van der Waals surface area contributed by atoms with Crippen LogP contribution in [0.25, 0.3) is 5.65 Å². The molecule has 0 bridgehead atoms. The lowest BCUT2D eigenvalue weighted by Gasteiger charge is -1.90. The molecule has 12 heavy (non-hydrogen) atoms. The predicted octanol–water partition coefficient (Wildman–Crippen LogP) is 1.10. The van der Waals surface area contributed by atoms with Crippen molar-refractivity contribution in [3.63, 3.8) is 0 Å². The fraction of sp³-hybridized carbons (Fsp3) is 0.111. The van der Waals surface area contributed by atoms with Crippen LogP contribution in [0.2, 0.25) is 0 Å². The molecule has 2 rings (SSSR count). The van der Waals surface area contributed by atoms with Gasteiger partial charge in [0.05, 0.1) is 12.4 Å². The van der Waals surface area contributed by atoms with E-state index in [0.717, 1.165) is 11.3 Å². The molecule has 2 aromatic rings. The van der Waals surface area contributed by atoms with Crippen LogP contribution in [0.3, 0.4) is 0 Å². The molecule has 0 amide bonds. The number of hydrogen-bond donors (Lipinski definition) is 0. The van der Waals surface area contributed by atoms with Gasteiger partial charge in [-0.25, -0.2) is 4.98 Å². The molecule has 0 aliphatic carbocycles. The number of aromatic nitrogens is 3. The molecular weight excluding hydrogens is 150 g/mol. The summed E-state index contributed by atoms with van der Waals surface area (Å²) in [7, 11) is 0. The summed E-state index contributed by atoms with van der Waals surface area (Å²) in [6.07, 6.45) is 7.02. The van der Waals surface area contributed by atoms with Crippen LogP contribution in [0.15, 0.2) is 24.8 Å². The van der Waals surface area contributed by atoms with Crippen LogP contribution in [0.1, 0.15) is 12.6 Å². The molecule has 0 unspecified atom stereocenters. The van der Waals surface area contributed by atoms with Crippen molar-refractivity contribution in [3.8, 4) is 11.8 Å². The lowest BCUT2D eigenvalue weighted by molar-refractivity contribution is 1.11. The van der Waals surface area contributed by atoms with E-state index < -0.39 is 0 Å². The van der Waals surface area contributed by atoms with E-state index in [4.69, 9.17) is 0 Å². The number of nitrogens with zero attached hydrogens (tertiary/aromatic N) is 3. The molecule has 2 aromatic heterocycles. The van der Waals surface area contributed by atoms with E-state index >= 15 is 0 Å². The van der Waals surface area contributed by atoms with Crippen LogP contribution >= 0.6 is 0 Å². The largest absolute Gasteiger partial charge is 0.290 e. The van der Waals surface area contributed by atoms with E-state index in [1.54, 1.807) is 25.5 Å². The Kier molecular flexibility index (Phi) is 1.52. The van der Waals surface area contributed by atoms with Crippen LogP contribution < -0.4 is 0 Å². The van der Waals surface area contributed by atoms with Crippen molar-refractivity contribution in [1.82, 2.24) is 14.4 Å². The van der Waals surface area contributed by atoms with E-state index in [2.05, 4.69) is 21.8 Å². The highest BCUT2D eigenvalue weighted by Crippen LogP contribution is 2.02. The third-order valence-corrected chi connectivity index (χ3v) is 1.57. The summed E-state index contributed by atoms with van der Waals surface area (Å²) in [5.41, 5.74) is 1.73. The lowest BCUT2D eigenvalue weighted by atomic mass is 10.4. The first-order valence-corrected chi connectivity index (χ1v) is 3.61. The van der Waals surface area contributed by atoms with Gasteiger partial charge in [-0.05, 0) is 12.8 Å². The fourth-order valence-corrected chi connectivity index (χ4v) is 1.06. The average Bonchev–Trinajstić information content (AvgIpc) is 2.50. The SMILES string of the molecule is CC#Cc1cnc2cnccn12. The van der Waals surface area contributed by atoms with E-state index in [1.807, 2.05) is 10.6 Å². The summed E-state index contributed by atoms with van der Waals surface area (Å²) in [5, 5.41) is 0. The second-order valence-electron chi connectivity index (χ2n) is 2.32. The normalized spacial score (nSPS) is 9.42. The molecule has 2 heterocycles. The van der Waals surface area contributed by atoms with Gasteiger partial charge < -0.3 is 0 Å². The second-order valence-corrected chi connectivity index (χ2v) is 2.32. The minimum absolute atomic E-state index is 0.829. The van der Waals surface area contributed by atoms with Gasteiger partial charge in [-0.1, -0.05) is 5.92 Å². The third-order valence-electron chi connectivity index (χ3n) is 1.57.